The van der Waals surface area contributed by atoms with E-state index < -0.39 is 41.7 Å². The molecule has 4 atom stereocenters. The summed E-state index contributed by atoms with van der Waals surface area (Å²) in [5.41, 5.74) is 2.21. The molecule has 3 heterocycles. The second-order valence-corrected chi connectivity index (χ2v) is 9.52. The fourth-order valence-electron chi connectivity index (χ4n) is 5.64. The number of benzene rings is 3. The number of rotatable bonds is 4. The molecule has 0 unspecified atom stereocenters. The number of nitrogens with zero attached hydrogens (tertiary/aromatic N) is 3. The van der Waals surface area contributed by atoms with Crippen LogP contribution in [0.25, 0.3) is 0 Å². The Balaban J connectivity index is 1.50. The minimum atomic E-state index is -1.02. The van der Waals surface area contributed by atoms with Crippen molar-refractivity contribution in [1.29, 1.82) is 0 Å². The largest absolute Gasteiger partial charge is 0.465 e. The Kier molecular flexibility index (Phi) is 5.42. The van der Waals surface area contributed by atoms with Crippen molar-refractivity contribution < 1.29 is 23.9 Å². The first-order valence-electron chi connectivity index (χ1n) is 11.7. The Morgan fingerprint density at radius 2 is 1.57 bits per heavy atom. The van der Waals surface area contributed by atoms with Gasteiger partial charge < -0.3 is 4.74 Å². The molecule has 3 aliphatic rings. The highest BCUT2D eigenvalue weighted by atomic mass is 35.5. The highest BCUT2D eigenvalue weighted by Gasteiger charge is 2.65. The van der Waals surface area contributed by atoms with Gasteiger partial charge in [-0.15, -0.1) is 0 Å². The predicted molar refractivity (Wildman–Crippen MR) is 135 cm³/mol. The number of carbonyl (C=O) groups is 4. The molecule has 0 aliphatic carbocycles. The van der Waals surface area contributed by atoms with E-state index in [0.29, 0.717) is 10.6 Å². The maximum absolute atomic E-state index is 14.0. The second-order valence-electron chi connectivity index (χ2n) is 9.09. The number of carbonyl (C=O) groups excluding carboxylic acids is 4. The van der Waals surface area contributed by atoms with E-state index in [1.165, 1.54) is 19.2 Å². The number of halogens is 1. The van der Waals surface area contributed by atoms with Crippen LogP contribution in [0.3, 0.4) is 0 Å². The van der Waals surface area contributed by atoms with Crippen LogP contribution in [-0.2, 0) is 14.3 Å². The lowest BCUT2D eigenvalue weighted by atomic mass is 9.83. The molecule has 184 valence electrons. The molecule has 3 aliphatic heterocycles. The number of Topliss-reactive ketones (excluding diaryl/α,β-unsaturated/α-hetero) is 1. The average molecular weight is 514 g/mol. The minimum Gasteiger partial charge on any atom is -0.465 e. The van der Waals surface area contributed by atoms with Gasteiger partial charge in [0.1, 0.15) is 6.04 Å². The van der Waals surface area contributed by atoms with Crippen molar-refractivity contribution >= 4 is 47.1 Å². The molecule has 0 spiro atoms. The molecule has 8 nitrogen and oxygen atoms in total. The summed E-state index contributed by atoms with van der Waals surface area (Å²) in [6.07, 6.45) is 1.65. The summed E-state index contributed by atoms with van der Waals surface area (Å²) >= 11 is 6.03. The SMILES string of the molecule is COC(=O)c1ccccc1N1C(=O)[C@@H]2[C@@H](C1=O)[C@@H]1c3ccccc3C=NN1[C@@H]2C(=O)c1ccc(Cl)cc1. The van der Waals surface area contributed by atoms with Gasteiger partial charge in [-0.2, -0.15) is 5.10 Å². The smallest absolute Gasteiger partial charge is 0.339 e. The first kappa shape index (κ1) is 23.1. The van der Waals surface area contributed by atoms with Crippen LogP contribution < -0.4 is 4.90 Å². The van der Waals surface area contributed by atoms with Crippen molar-refractivity contribution in [3.63, 3.8) is 0 Å². The summed E-state index contributed by atoms with van der Waals surface area (Å²) in [5.74, 6) is -3.93. The Bertz CT molecular complexity index is 1500. The maximum Gasteiger partial charge on any atom is 0.339 e. The molecular weight excluding hydrogens is 494 g/mol. The summed E-state index contributed by atoms with van der Waals surface area (Å²) in [6.45, 7) is 0. The molecule has 0 N–H and O–H groups in total. The number of hydrogen-bond donors (Lipinski definition) is 0. The Morgan fingerprint density at radius 1 is 0.892 bits per heavy atom. The van der Waals surface area contributed by atoms with E-state index in [0.717, 1.165) is 16.0 Å². The second kappa shape index (κ2) is 8.67. The van der Waals surface area contributed by atoms with Crippen LogP contribution >= 0.6 is 11.6 Å². The molecule has 0 saturated carbocycles. The number of anilines is 1. The summed E-state index contributed by atoms with van der Waals surface area (Å²) in [6, 6.07) is 18.5. The average Bonchev–Trinajstić information content (AvgIpc) is 3.40. The van der Waals surface area contributed by atoms with E-state index in [1.54, 1.807) is 47.6 Å². The monoisotopic (exact) mass is 513 g/mol. The third-order valence-electron chi connectivity index (χ3n) is 7.24. The number of methoxy groups -OCH3 is 1. The fourth-order valence-corrected chi connectivity index (χ4v) is 5.77. The van der Waals surface area contributed by atoms with E-state index in [1.807, 2.05) is 24.3 Å². The highest BCUT2D eigenvalue weighted by molar-refractivity contribution is 6.30. The van der Waals surface area contributed by atoms with Gasteiger partial charge in [-0.05, 0) is 47.5 Å². The van der Waals surface area contributed by atoms with Gasteiger partial charge in [0.2, 0.25) is 11.8 Å². The number of amides is 2. The molecule has 9 heteroatoms. The number of ether oxygens (including phenoxy) is 1. The Morgan fingerprint density at radius 3 is 2.32 bits per heavy atom. The van der Waals surface area contributed by atoms with E-state index in [2.05, 4.69) is 5.10 Å². The summed E-state index contributed by atoms with van der Waals surface area (Å²) in [5, 5.41) is 6.62. The Hall–Kier alpha value is -4.30. The van der Waals surface area contributed by atoms with Gasteiger partial charge in [-0.25, -0.2) is 9.69 Å². The number of hydrogen-bond acceptors (Lipinski definition) is 7. The third kappa shape index (κ3) is 3.40. The molecule has 2 amide bonds. The first-order valence-corrected chi connectivity index (χ1v) is 12.1. The van der Waals surface area contributed by atoms with Gasteiger partial charge in [0.25, 0.3) is 0 Å². The molecule has 3 aromatic rings. The fraction of sp³-hybridized carbons (Fsp3) is 0.179. The van der Waals surface area contributed by atoms with Crippen molar-refractivity contribution in [1.82, 2.24) is 5.01 Å². The van der Waals surface area contributed by atoms with Crippen LogP contribution in [0.2, 0.25) is 5.02 Å². The quantitative estimate of drug-likeness (QED) is 0.298. The maximum atomic E-state index is 14.0. The molecule has 37 heavy (non-hydrogen) atoms. The standard InChI is InChI=1S/C28H20ClN3O5/c1-37-28(36)19-8-4-5-9-20(19)31-26(34)21-22(27(31)35)24(25(33)15-10-12-17(29)13-11-15)32-23(21)18-7-3-2-6-16(18)14-30-32/h2-14,21-24H,1H3/t21-,22-,23+,24+/m1/s1. The number of hydrazone groups is 1. The van der Waals surface area contributed by atoms with Crippen molar-refractivity contribution in [2.24, 2.45) is 16.9 Å². The van der Waals surface area contributed by atoms with Crippen molar-refractivity contribution in [2.45, 2.75) is 12.1 Å². The van der Waals surface area contributed by atoms with Crippen molar-refractivity contribution in [3.05, 3.63) is 100 Å². The first-order chi connectivity index (χ1) is 17.9. The summed E-state index contributed by atoms with van der Waals surface area (Å²) in [7, 11) is 1.23. The zero-order valence-corrected chi connectivity index (χ0v) is 20.3. The van der Waals surface area contributed by atoms with Crippen molar-refractivity contribution in [3.8, 4) is 0 Å². The van der Waals surface area contributed by atoms with E-state index in [-0.39, 0.29) is 17.0 Å². The number of ketones is 1. The molecule has 2 fully saturated rings. The van der Waals surface area contributed by atoms with Crippen LogP contribution in [-0.4, -0.2) is 47.9 Å². The number of fused-ring (bicyclic) bond motifs is 5. The molecule has 0 bridgehead atoms. The molecule has 3 aromatic carbocycles. The lowest BCUT2D eigenvalue weighted by molar-refractivity contribution is -0.124. The lowest BCUT2D eigenvalue weighted by Gasteiger charge is -2.34. The summed E-state index contributed by atoms with van der Waals surface area (Å²) < 4.78 is 4.88. The van der Waals surface area contributed by atoms with Gasteiger partial charge in [0.05, 0.1) is 42.5 Å². The third-order valence-corrected chi connectivity index (χ3v) is 7.49. The predicted octanol–water partition coefficient (Wildman–Crippen LogP) is 3.89. The van der Waals surface area contributed by atoms with Crippen molar-refractivity contribution in [2.75, 3.05) is 12.0 Å². The number of para-hydroxylation sites is 1. The number of esters is 1. The minimum absolute atomic E-state index is 0.0890. The lowest BCUT2D eigenvalue weighted by Crippen LogP contribution is -2.45. The van der Waals surface area contributed by atoms with E-state index >= 15 is 0 Å². The van der Waals surface area contributed by atoms with Gasteiger partial charge in [-0.3, -0.25) is 19.4 Å². The van der Waals surface area contributed by atoms with Crippen LogP contribution in [0.1, 0.15) is 37.9 Å². The van der Waals surface area contributed by atoms with Gasteiger partial charge in [0, 0.05) is 10.6 Å². The van der Waals surface area contributed by atoms with E-state index in [9.17, 15) is 19.2 Å². The van der Waals surface area contributed by atoms with Crippen LogP contribution in [0.4, 0.5) is 5.69 Å². The summed E-state index contributed by atoms with van der Waals surface area (Å²) in [4.78, 5) is 55.4. The normalized spacial score (nSPS) is 23.5. The van der Waals surface area contributed by atoms with E-state index in [4.69, 9.17) is 16.3 Å². The van der Waals surface area contributed by atoms with Gasteiger partial charge in [-0.1, -0.05) is 48.0 Å². The van der Waals surface area contributed by atoms with Gasteiger partial charge in [0.15, 0.2) is 5.78 Å². The molecule has 6 rings (SSSR count). The molecule has 2 saturated heterocycles. The van der Waals surface area contributed by atoms with Crippen LogP contribution in [0.15, 0.2) is 77.9 Å². The number of imide groups is 1. The van der Waals surface area contributed by atoms with Crippen LogP contribution in [0, 0.1) is 11.8 Å². The molecule has 0 aromatic heterocycles. The highest BCUT2D eigenvalue weighted by Crippen LogP contribution is 2.53. The molecule has 0 radical (unpaired) electrons. The van der Waals surface area contributed by atoms with Crippen LogP contribution in [0.5, 0.6) is 0 Å². The zero-order valence-electron chi connectivity index (χ0n) is 19.6. The van der Waals surface area contributed by atoms with Gasteiger partial charge >= 0.3 is 5.97 Å². The Labute approximate surface area is 217 Å². The molecular formula is C28H20ClN3O5. The topological polar surface area (TPSA) is 96.3 Å². The zero-order chi connectivity index (χ0) is 25.8.